The van der Waals surface area contributed by atoms with Gasteiger partial charge in [0.1, 0.15) is 6.61 Å². The van der Waals surface area contributed by atoms with Crippen LogP contribution >= 0.6 is 0 Å². The van der Waals surface area contributed by atoms with Crippen molar-refractivity contribution in [3.05, 3.63) is 29.8 Å². The number of amides is 1. The summed E-state index contributed by atoms with van der Waals surface area (Å²) in [5.41, 5.74) is 0.573. The lowest BCUT2D eigenvalue weighted by atomic mass is 10.0. The predicted molar refractivity (Wildman–Crippen MR) is 74.0 cm³/mol. The van der Waals surface area contributed by atoms with E-state index in [0.717, 1.165) is 13.1 Å². The molecule has 6 nitrogen and oxygen atoms in total. The van der Waals surface area contributed by atoms with Crippen LogP contribution in [0.15, 0.2) is 24.3 Å². The quantitative estimate of drug-likeness (QED) is 0.830. The van der Waals surface area contributed by atoms with Crippen molar-refractivity contribution >= 4 is 17.6 Å². The highest BCUT2D eigenvalue weighted by molar-refractivity contribution is 5.94. The van der Waals surface area contributed by atoms with Crippen LogP contribution in [0.1, 0.15) is 17.3 Å². The van der Waals surface area contributed by atoms with Crippen LogP contribution in [0.3, 0.4) is 0 Å². The maximum Gasteiger partial charge on any atom is 0.335 e. The molecule has 1 saturated heterocycles. The molecule has 1 aromatic carbocycles. The van der Waals surface area contributed by atoms with Gasteiger partial charge in [-0.1, -0.05) is 0 Å². The van der Waals surface area contributed by atoms with E-state index in [2.05, 4.69) is 5.32 Å². The first kappa shape index (κ1) is 14.5. The van der Waals surface area contributed by atoms with Gasteiger partial charge in [0.2, 0.25) is 0 Å². The van der Waals surface area contributed by atoms with Crippen LogP contribution < -0.4 is 10.2 Å². The maximum absolute atomic E-state index is 12.0. The third-order valence-electron chi connectivity index (χ3n) is 3.42. The summed E-state index contributed by atoms with van der Waals surface area (Å²) in [5, 5.41) is 11.9. The van der Waals surface area contributed by atoms with Gasteiger partial charge in [-0.25, -0.2) is 4.79 Å². The highest BCUT2D eigenvalue weighted by Crippen LogP contribution is 2.17. The first-order chi connectivity index (χ1) is 9.41. The molecule has 0 atom stereocenters. The third-order valence-corrected chi connectivity index (χ3v) is 3.42. The van der Waals surface area contributed by atoms with Gasteiger partial charge in [0, 0.05) is 25.8 Å². The molecule has 1 heterocycles. The lowest BCUT2D eigenvalue weighted by molar-refractivity contribution is -0.133. The van der Waals surface area contributed by atoms with Crippen molar-refractivity contribution in [2.75, 3.05) is 31.6 Å². The summed E-state index contributed by atoms with van der Waals surface area (Å²) >= 11 is 0. The SMILES string of the molecule is CN(C(=O)COC1(C)CNC1)c1ccc(C(=O)O)cc1. The number of likely N-dealkylation sites (N-methyl/N-ethyl adjacent to an activating group) is 1. The summed E-state index contributed by atoms with van der Waals surface area (Å²) < 4.78 is 5.58. The van der Waals surface area contributed by atoms with Crippen molar-refractivity contribution in [3.8, 4) is 0 Å². The third kappa shape index (κ3) is 3.15. The smallest absolute Gasteiger partial charge is 0.335 e. The number of carboxylic acid groups (broad SMARTS) is 1. The van der Waals surface area contributed by atoms with Gasteiger partial charge in [-0.2, -0.15) is 0 Å². The number of carboxylic acids is 1. The standard InChI is InChI=1S/C14H18N2O4/c1-14(8-15-9-14)20-7-12(17)16(2)11-5-3-10(4-6-11)13(18)19/h3-6,15H,7-9H2,1-2H3,(H,18,19). The minimum atomic E-state index is -0.987. The molecular formula is C14H18N2O4. The molecule has 108 valence electrons. The molecule has 0 aromatic heterocycles. The molecule has 1 aromatic rings. The first-order valence-corrected chi connectivity index (χ1v) is 6.36. The van der Waals surface area contributed by atoms with Crippen molar-refractivity contribution in [3.63, 3.8) is 0 Å². The van der Waals surface area contributed by atoms with Gasteiger partial charge in [0.15, 0.2) is 0 Å². The van der Waals surface area contributed by atoms with E-state index in [1.54, 1.807) is 19.2 Å². The van der Waals surface area contributed by atoms with E-state index >= 15 is 0 Å². The van der Waals surface area contributed by atoms with Gasteiger partial charge in [-0.3, -0.25) is 4.79 Å². The molecular weight excluding hydrogens is 260 g/mol. The van der Waals surface area contributed by atoms with Gasteiger partial charge >= 0.3 is 5.97 Å². The zero-order valence-corrected chi connectivity index (χ0v) is 11.5. The van der Waals surface area contributed by atoms with Crippen LogP contribution in [0.25, 0.3) is 0 Å². The van der Waals surface area contributed by atoms with E-state index < -0.39 is 5.97 Å². The Labute approximate surface area is 117 Å². The number of aromatic carboxylic acids is 1. The molecule has 0 spiro atoms. The van der Waals surface area contributed by atoms with Gasteiger partial charge in [0.05, 0.1) is 11.2 Å². The minimum absolute atomic E-state index is 0.00929. The number of ether oxygens (including phenoxy) is 1. The number of hydrogen-bond acceptors (Lipinski definition) is 4. The van der Waals surface area contributed by atoms with Crippen molar-refractivity contribution < 1.29 is 19.4 Å². The molecule has 0 unspecified atom stereocenters. The molecule has 0 saturated carbocycles. The van der Waals surface area contributed by atoms with Gasteiger partial charge < -0.3 is 20.1 Å². The van der Waals surface area contributed by atoms with Crippen LogP contribution in [0.2, 0.25) is 0 Å². The number of nitrogens with zero attached hydrogens (tertiary/aromatic N) is 1. The van der Waals surface area contributed by atoms with Crippen molar-refractivity contribution in [2.24, 2.45) is 0 Å². The topological polar surface area (TPSA) is 78.9 Å². The number of rotatable bonds is 5. The molecule has 2 N–H and O–H groups in total. The molecule has 0 radical (unpaired) electrons. The van der Waals surface area contributed by atoms with Gasteiger partial charge in [-0.15, -0.1) is 0 Å². The number of carbonyl (C=O) groups is 2. The van der Waals surface area contributed by atoms with E-state index in [0.29, 0.717) is 5.69 Å². The second-order valence-electron chi connectivity index (χ2n) is 5.15. The Balaban J connectivity index is 1.93. The summed E-state index contributed by atoms with van der Waals surface area (Å²) in [6.45, 7) is 3.46. The number of hydrogen-bond donors (Lipinski definition) is 2. The molecule has 0 bridgehead atoms. The molecule has 2 rings (SSSR count). The fourth-order valence-corrected chi connectivity index (χ4v) is 1.88. The van der Waals surface area contributed by atoms with Crippen LogP contribution in [-0.2, 0) is 9.53 Å². The second-order valence-corrected chi connectivity index (χ2v) is 5.15. The summed E-state index contributed by atoms with van der Waals surface area (Å²) in [5.74, 6) is -1.15. The summed E-state index contributed by atoms with van der Waals surface area (Å²) in [6.07, 6.45) is 0. The van der Waals surface area contributed by atoms with Crippen molar-refractivity contribution in [1.82, 2.24) is 5.32 Å². The molecule has 0 aliphatic carbocycles. The van der Waals surface area contributed by atoms with E-state index in [1.807, 2.05) is 6.92 Å². The van der Waals surface area contributed by atoms with E-state index in [9.17, 15) is 9.59 Å². The Hall–Kier alpha value is -1.92. The zero-order chi connectivity index (χ0) is 14.8. The highest BCUT2D eigenvalue weighted by atomic mass is 16.5. The summed E-state index contributed by atoms with van der Waals surface area (Å²) in [7, 11) is 1.64. The molecule has 1 aliphatic heterocycles. The number of anilines is 1. The summed E-state index contributed by atoms with van der Waals surface area (Å²) in [6, 6.07) is 6.15. The van der Waals surface area contributed by atoms with Crippen molar-refractivity contribution in [1.29, 1.82) is 0 Å². The zero-order valence-electron chi connectivity index (χ0n) is 11.5. The number of benzene rings is 1. The van der Waals surface area contributed by atoms with Crippen molar-refractivity contribution in [2.45, 2.75) is 12.5 Å². The van der Waals surface area contributed by atoms with Gasteiger partial charge in [-0.05, 0) is 31.2 Å². The first-order valence-electron chi connectivity index (χ1n) is 6.36. The Morgan fingerprint density at radius 2 is 1.95 bits per heavy atom. The maximum atomic E-state index is 12.0. The van der Waals surface area contributed by atoms with Crippen LogP contribution in [0.5, 0.6) is 0 Å². The lowest BCUT2D eigenvalue weighted by Crippen LogP contribution is -2.59. The Morgan fingerprint density at radius 1 is 1.35 bits per heavy atom. The lowest BCUT2D eigenvalue weighted by Gasteiger charge is -2.39. The Morgan fingerprint density at radius 3 is 2.40 bits per heavy atom. The van der Waals surface area contributed by atoms with Crippen LogP contribution in [-0.4, -0.2) is 49.3 Å². The normalized spacial score (nSPS) is 16.3. The molecule has 20 heavy (non-hydrogen) atoms. The second kappa shape index (κ2) is 5.60. The average molecular weight is 278 g/mol. The van der Waals surface area contributed by atoms with Crippen LogP contribution in [0.4, 0.5) is 5.69 Å². The minimum Gasteiger partial charge on any atom is -0.478 e. The monoisotopic (exact) mass is 278 g/mol. The molecule has 1 amide bonds. The Bertz CT molecular complexity index is 508. The van der Waals surface area contributed by atoms with E-state index in [1.165, 1.54) is 17.0 Å². The summed E-state index contributed by atoms with van der Waals surface area (Å²) in [4.78, 5) is 24.2. The number of carbonyl (C=O) groups excluding carboxylic acids is 1. The molecule has 1 fully saturated rings. The predicted octanol–water partition coefficient (Wildman–Crippen LogP) is 0.726. The molecule has 1 aliphatic rings. The molecule has 6 heteroatoms. The largest absolute Gasteiger partial charge is 0.478 e. The Kier molecular flexibility index (Phi) is 4.06. The number of nitrogens with one attached hydrogen (secondary N) is 1. The van der Waals surface area contributed by atoms with Gasteiger partial charge in [0.25, 0.3) is 5.91 Å². The van der Waals surface area contributed by atoms with Crippen LogP contribution in [0, 0.1) is 0 Å². The fourth-order valence-electron chi connectivity index (χ4n) is 1.88. The highest BCUT2D eigenvalue weighted by Gasteiger charge is 2.33. The van der Waals surface area contributed by atoms with E-state index in [-0.39, 0.29) is 23.7 Å². The average Bonchev–Trinajstić information content (AvgIpc) is 2.42. The van der Waals surface area contributed by atoms with E-state index in [4.69, 9.17) is 9.84 Å². The fraction of sp³-hybridized carbons (Fsp3) is 0.429.